The minimum absolute atomic E-state index is 0.0590. The molecule has 144 valence electrons. The molecule has 1 aliphatic heterocycles. The lowest BCUT2D eigenvalue weighted by Crippen LogP contribution is -2.32. The summed E-state index contributed by atoms with van der Waals surface area (Å²) in [5.41, 5.74) is 0.128. The summed E-state index contributed by atoms with van der Waals surface area (Å²) >= 11 is 0. The zero-order valence-corrected chi connectivity index (χ0v) is 15.1. The summed E-state index contributed by atoms with van der Waals surface area (Å²) in [6, 6.07) is 8.38. The summed E-state index contributed by atoms with van der Waals surface area (Å²) in [4.78, 5) is 12.2. The molecule has 1 unspecified atom stereocenters. The van der Waals surface area contributed by atoms with Crippen LogP contribution in [-0.4, -0.2) is 33.6 Å². The molecule has 0 aromatic heterocycles. The Morgan fingerprint density at radius 2 is 1.96 bits per heavy atom. The van der Waals surface area contributed by atoms with E-state index in [1.54, 1.807) is 0 Å². The molecule has 1 fully saturated rings. The third-order valence-electron chi connectivity index (χ3n) is 4.11. The van der Waals surface area contributed by atoms with Gasteiger partial charge in [0.2, 0.25) is 10.0 Å². The summed E-state index contributed by atoms with van der Waals surface area (Å²) < 4.78 is 58.9. The number of sulfonamides is 1. The lowest BCUT2D eigenvalue weighted by molar-refractivity contribution is 0.102. The van der Waals surface area contributed by atoms with E-state index in [2.05, 4.69) is 10.0 Å². The van der Waals surface area contributed by atoms with E-state index in [4.69, 9.17) is 4.74 Å². The van der Waals surface area contributed by atoms with E-state index in [-0.39, 0.29) is 28.8 Å². The molecule has 1 saturated heterocycles. The van der Waals surface area contributed by atoms with Crippen LogP contribution in [-0.2, 0) is 14.8 Å². The Balaban J connectivity index is 1.71. The maximum Gasteiger partial charge on any atom is 0.255 e. The van der Waals surface area contributed by atoms with Gasteiger partial charge in [0.15, 0.2) is 11.6 Å². The minimum Gasteiger partial charge on any atom is -0.377 e. The molecule has 0 aliphatic carbocycles. The number of hydrogen-bond acceptors (Lipinski definition) is 4. The first-order valence-corrected chi connectivity index (χ1v) is 9.81. The highest BCUT2D eigenvalue weighted by Crippen LogP contribution is 2.17. The van der Waals surface area contributed by atoms with Gasteiger partial charge in [-0.2, -0.15) is 0 Å². The molecule has 1 heterocycles. The predicted molar refractivity (Wildman–Crippen MR) is 94.9 cm³/mol. The second-order valence-corrected chi connectivity index (χ2v) is 7.86. The number of hydrogen-bond donors (Lipinski definition) is 2. The molecule has 1 amide bonds. The van der Waals surface area contributed by atoms with E-state index in [0.717, 1.165) is 25.0 Å². The van der Waals surface area contributed by atoms with Crippen LogP contribution in [0.15, 0.2) is 47.4 Å². The fraction of sp³-hybridized carbons (Fsp3) is 0.278. The highest BCUT2D eigenvalue weighted by atomic mass is 32.2. The van der Waals surface area contributed by atoms with Gasteiger partial charge >= 0.3 is 0 Å². The second-order valence-electron chi connectivity index (χ2n) is 6.10. The number of carbonyl (C=O) groups excluding carboxylic acids is 1. The first kappa shape index (κ1) is 19.4. The Kier molecular flexibility index (Phi) is 5.83. The van der Waals surface area contributed by atoms with Gasteiger partial charge < -0.3 is 10.1 Å². The van der Waals surface area contributed by atoms with Crippen molar-refractivity contribution in [2.75, 3.05) is 18.5 Å². The van der Waals surface area contributed by atoms with E-state index in [9.17, 15) is 22.0 Å². The van der Waals surface area contributed by atoms with Gasteiger partial charge in [-0.1, -0.05) is 6.07 Å². The number of anilines is 1. The van der Waals surface area contributed by atoms with Crippen molar-refractivity contribution in [3.8, 4) is 0 Å². The average molecular weight is 396 g/mol. The van der Waals surface area contributed by atoms with Gasteiger partial charge in [0.25, 0.3) is 5.91 Å². The summed E-state index contributed by atoms with van der Waals surface area (Å²) in [6.45, 7) is 0.777. The number of benzene rings is 2. The lowest BCUT2D eigenvalue weighted by atomic mass is 10.2. The fourth-order valence-electron chi connectivity index (χ4n) is 2.67. The van der Waals surface area contributed by atoms with Gasteiger partial charge in [0, 0.05) is 30.5 Å². The number of nitrogens with one attached hydrogen (secondary N) is 2. The Bertz CT molecular complexity index is 944. The van der Waals surface area contributed by atoms with E-state index in [1.165, 1.54) is 30.3 Å². The van der Waals surface area contributed by atoms with Crippen molar-refractivity contribution in [2.45, 2.75) is 23.8 Å². The minimum atomic E-state index is -3.81. The van der Waals surface area contributed by atoms with E-state index in [0.29, 0.717) is 6.61 Å². The first-order chi connectivity index (χ1) is 12.8. The molecule has 2 aromatic carbocycles. The molecular weight excluding hydrogens is 378 g/mol. The van der Waals surface area contributed by atoms with E-state index < -0.39 is 27.6 Å². The molecule has 1 aliphatic rings. The van der Waals surface area contributed by atoms with Crippen LogP contribution in [0.1, 0.15) is 23.2 Å². The van der Waals surface area contributed by atoms with E-state index >= 15 is 0 Å². The molecule has 27 heavy (non-hydrogen) atoms. The largest absolute Gasteiger partial charge is 0.377 e. The summed E-state index contributed by atoms with van der Waals surface area (Å²) in [5, 5.41) is 2.40. The van der Waals surface area contributed by atoms with Crippen molar-refractivity contribution in [1.82, 2.24) is 4.72 Å². The Morgan fingerprint density at radius 3 is 2.67 bits per heavy atom. The third-order valence-corrected chi connectivity index (χ3v) is 5.53. The number of rotatable bonds is 6. The SMILES string of the molecule is O=C(Nc1ccc(F)c(F)c1)c1cccc(S(=O)(=O)NCC2CCCO2)c1. The van der Waals surface area contributed by atoms with Crippen molar-refractivity contribution in [1.29, 1.82) is 0 Å². The van der Waals surface area contributed by atoms with Crippen LogP contribution < -0.4 is 10.0 Å². The standard InChI is InChI=1S/C18H18F2N2O4S/c19-16-7-6-13(10-17(16)20)22-18(23)12-3-1-5-15(9-12)27(24,25)21-11-14-4-2-8-26-14/h1,3,5-7,9-10,14,21H,2,4,8,11H2,(H,22,23). The quantitative estimate of drug-likeness (QED) is 0.786. The molecule has 6 nitrogen and oxygen atoms in total. The Morgan fingerprint density at radius 1 is 1.15 bits per heavy atom. The van der Waals surface area contributed by atoms with Crippen LogP contribution in [0.4, 0.5) is 14.5 Å². The fourth-order valence-corrected chi connectivity index (χ4v) is 3.78. The number of halogens is 2. The molecule has 9 heteroatoms. The van der Waals surface area contributed by atoms with Crippen LogP contribution in [0.5, 0.6) is 0 Å². The molecule has 2 N–H and O–H groups in total. The summed E-state index contributed by atoms with van der Waals surface area (Å²) in [6.07, 6.45) is 1.53. The Labute approximate surface area is 155 Å². The van der Waals surface area contributed by atoms with Crippen LogP contribution in [0.25, 0.3) is 0 Å². The molecule has 3 rings (SSSR count). The molecule has 2 aromatic rings. The Hall–Kier alpha value is -2.36. The molecular formula is C18H18F2N2O4S. The number of carbonyl (C=O) groups is 1. The van der Waals surface area contributed by atoms with Gasteiger partial charge in [-0.15, -0.1) is 0 Å². The third kappa shape index (κ3) is 4.88. The van der Waals surface area contributed by atoms with Crippen molar-refractivity contribution < 1.29 is 26.7 Å². The smallest absolute Gasteiger partial charge is 0.255 e. The topological polar surface area (TPSA) is 84.5 Å². The first-order valence-electron chi connectivity index (χ1n) is 8.33. The second kappa shape index (κ2) is 8.12. The maximum atomic E-state index is 13.2. The summed E-state index contributed by atoms with van der Waals surface area (Å²) in [7, 11) is -3.81. The van der Waals surface area contributed by atoms with Crippen molar-refractivity contribution in [2.24, 2.45) is 0 Å². The van der Waals surface area contributed by atoms with Crippen molar-refractivity contribution >= 4 is 21.6 Å². The highest BCUT2D eigenvalue weighted by Gasteiger charge is 2.21. The molecule has 0 bridgehead atoms. The summed E-state index contributed by atoms with van der Waals surface area (Å²) in [5.74, 6) is -2.77. The lowest BCUT2D eigenvalue weighted by Gasteiger charge is -2.12. The van der Waals surface area contributed by atoms with Crippen molar-refractivity contribution in [3.63, 3.8) is 0 Å². The van der Waals surface area contributed by atoms with Gasteiger partial charge in [-0.25, -0.2) is 21.9 Å². The molecule has 0 saturated carbocycles. The van der Waals surface area contributed by atoms with Gasteiger partial charge in [0.1, 0.15) is 0 Å². The van der Waals surface area contributed by atoms with Gasteiger partial charge in [0.05, 0.1) is 11.0 Å². The monoisotopic (exact) mass is 396 g/mol. The zero-order chi connectivity index (χ0) is 19.4. The average Bonchev–Trinajstić information content (AvgIpc) is 3.17. The van der Waals surface area contributed by atoms with E-state index in [1.807, 2.05) is 0 Å². The van der Waals surface area contributed by atoms with Crippen molar-refractivity contribution in [3.05, 3.63) is 59.7 Å². The normalized spacial score (nSPS) is 17.0. The van der Waals surface area contributed by atoms with Crippen LogP contribution in [0.2, 0.25) is 0 Å². The number of amides is 1. The number of ether oxygens (including phenoxy) is 1. The molecule has 1 atom stereocenters. The maximum absolute atomic E-state index is 13.2. The molecule has 0 radical (unpaired) electrons. The highest BCUT2D eigenvalue weighted by molar-refractivity contribution is 7.89. The molecule has 0 spiro atoms. The van der Waals surface area contributed by atoms with Crippen LogP contribution in [0.3, 0.4) is 0 Å². The van der Waals surface area contributed by atoms with Crippen LogP contribution in [0, 0.1) is 11.6 Å². The predicted octanol–water partition coefficient (Wildman–Crippen LogP) is 2.67. The zero-order valence-electron chi connectivity index (χ0n) is 14.2. The van der Waals surface area contributed by atoms with Gasteiger partial charge in [-0.05, 0) is 43.2 Å². The van der Waals surface area contributed by atoms with Gasteiger partial charge in [-0.3, -0.25) is 4.79 Å². The van der Waals surface area contributed by atoms with Crippen LogP contribution >= 0.6 is 0 Å².